The lowest BCUT2D eigenvalue weighted by Crippen LogP contribution is -2.24. The predicted molar refractivity (Wildman–Crippen MR) is 82.7 cm³/mol. The average Bonchev–Trinajstić information content (AvgIpc) is 2.88. The molecule has 5 heteroatoms. The predicted octanol–water partition coefficient (Wildman–Crippen LogP) is 2.57. The monoisotopic (exact) mass is 297 g/mol. The van der Waals surface area contributed by atoms with E-state index in [9.17, 15) is 9.18 Å². The highest BCUT2D eigenvalue weighted by Gasteiger charge is 2.06. The van der Waals surface area contributed by atoms with Gasteiger partial charge >= 0.3 is 0 Å². The summed E-state index contributed by atoms with van der Waals surface area (Å²) < 4.78 is 14.7. The molecule has 112 valence electrons. The van der Waals surface area contributed by atoms with E-state index < -0.39 is 0 Å². The van der Waals surface area contributed by atoms with Gasteiger partial charge in [-0.3, -0.25) is 4.79 Å². The Hall–Kier alpha value is -2.69. The number of carbonyl (C=O) groups is 1. The molecule has 0 atom stereocenters. The third-order valence-corrected chi connectivity index (χ3v) is 3.56. The number of rotatable bonds is 4. The first-order valence-electron chi connectivity index (χ1n) is 7.03. The van der Waals surface area contributed by atoms with E-state index in [1.54, 1.807) is 18.5 Å². The molecule has 4 nitrogen and oxygen atoms in total. The van der Waals surface area contributed by atoms with Crippen LogP contribution in [0.4, 0.5) is 4.39 Å². The van der Waals surface area contributed by atoms with Crippen LogP contribution in [0.25, 0.3) is 11.0 Å². The summed E-state index contributed by atoms with van der Waals surface area (Å²) in [4.78, 5) is 16.3. The van der Waals surface area contributed by atoms with E-state index in [1.807, 2.05) is 29.8 Å². The van der Waals surface area contributed by atoms with Crippen LogP contribution < -0.4 is 5.32 Å². The molecule has 0 saturated heterocycles. The lowest BCUT2D eigenvalue weighted by Gasteiger charge is -2.06. The minimum atomic E-state index is -0.279. The van der Waals surface area contributed by atoms with Crippen molar-refractivity contribution in [2.24, 2.45) is 7.05 Å². The number of nitrogens with zero attached hydrogens (tertiary/aromatic N) is 2. The van der Waals surface area contributed by atoms with Crippen molar-refractivity contribution >= 4 is 16.9 Å². The molecule has 1 amide bonds. The molecule has 0 aliphatic carbocycles. The van der Waals surface area contributed by atoms with Gasteiger partial charge in [-0.2, -0.15) is 0 Å². The van der Waals surface area contributed by atoms with Crippen molar-refractivity contribution < 1.29 is 9.18 Å². The molecule has 0 unspecified atom stereocenters. The second-order valence-corrected chi connectivity index (χ2v) is 5.26. The Labute approximate surface area is 127 Å². The van der Waals surface area contributed by atoms with Crippen LogP contribution >= 0.6 is 0 Å². The molecule has 0 aliphatic heterocycles. The van der Waals surface area contributed by atoms with Gasteiger partial charge in [-0.1, -0.05) is 18.2 Å². The molecule has 2 aromatic carbocycles. The Morgan fingerprint density at radius 1 is 1.18 bits per heavy atom. The summed E-state index contributed by atoms with van der Waals surface area (Å²) in [6.07, 6.45) is 2.05. The Morgan fingerprint density at radius 3 is 2.68 bits per heavy atom. The molecule has 0 fully saturated rings. The number of aromatic nitrogens is 2. The van der Waals surface area contributed by atoms with Gasteiger partial charge in [0.2, 0.25) is 5.91 Å². The fraction of sp³-hybridized carbons (Fsp3) is 0.176. The number of fused-ring (bicyclic) bond motifs is 1. The topological polar surface area (TPSA) is 46.9 Å². The summed E-state index contributed by atoms with van der Waals surface area (Å²) in [5.41, 5.74) is 3.71. The van der Waals surface area contributed by atoms with E-state index >= 15 is 0 Å². The molecular weight excluding hydrogens is 281 g/mol. The SMILES string of the molecule is Cn1cnc2cc(CC(=O)NCc3ccc(F)cc3)ccc21. The van der Waals surface area contributed by atoms with Crippen molar-refractivity contribution in [1.82, 2.24) is 14.9 Å². The molecule has 0 bridgehead atoms. The van der Waals surface area contributed by atoms with Gasteiger partial charge in [-0.25, -0.2) is 9.37 Å². The number of amides is 1. The summed E-state index contributed by atoms with van der Waals surface area (Å²) in [5.74, 6) is -0.349. The first-order valence-corrected chi connectivity index (χ1v) is 7.03. The van der Waals surface area contributed by atoms with E-state index in [-0.39, 0.29) is 11.7 Å². The van der Waals surface area contributed by atoms with Crippen molar-refractivity contribution in [3.63, 3.8) is 0 Å². The van der Waals surface area contributed by atoms with E-state index in [4.69, 9.17) is 0 Å². The summed E-state index contributed by atoms with van der Waals surface area (Å²) in [7, 11) is 1.93. The highest BCUT2D eigenvalue weighted by atomic mass is 19.1. The van der Waals surface area contributed by atoms with Crippen LogP contribution in [0, 0.1) is 5.82 Å². The third-order valence-electron chi connectivity index (χ3n) is 3.56. The molecule has 0 radical (unpaired) electrons. The van der Waals surface area contributed by atoms with Gasteiger partial charge in [0.25, 0.3) is 0 Å². The van der Waals surface area contributed by atoms with Gasteiger partial charge in [0.15, 0.2) is 0 Å². The molecule has 1 N–H and O–H groups in total. The molecule has 3 rings (SSSR count). The molecule has 1 aromatic heterocycles. The highest BCUT2D eigenvalue weighted by Crippen LogP contribution is 2.14. The van der Waals surface area contributed by atoms with Crippen LogP contribution in [0.5, 0.6) is 0 Å². The standard InChI is InChI=1S/C17H16FN3O/c1-21-11-20-15-8-13(4-7-16(15)21)9-17(22)19-10-12-2-5-14(18)6-3-12/h2-8,11H,9-10H2,1H3,(H,19,22). The first kappa shape index (κ1) is 14.3. The smallest absolute Gasteiger partial charge is 0.224 e. The van der Waals surface area contributed by atoms with E-state index in [2.05, 4.69) is 10.3 Å². The largest absolute Gasteiger partial charge is 0.352 e. The average molecular weight is 297 g/mol. The van der Waals surface area contributed by atoms with Crippen molar-refractivity contribution in [1.29, 1.82) is 0 Å². The molecule has 0 saturated carbocycles. The van der Waals surface area contributed by atoms with Crippen LogP contribution in [-0.2, 0) is 24.8 Å². The van der Waals surface area contributed by atoms with E-state index in [0.717, 1.165) is 22.2 Å². The lowest BCUT2D eigenvalue weighted by atomic mass is 10.1. The molecule has 22 heavy (non-hydrogen) atoms. The zero-order valence-corrected chi connectivity index (χ0v) is 12.2. The quantitative estimate of drug-likeness (QED) is 0.804. The fourth-order valence-electron chi connectivity index (χ4n) is 2.34. The maximum Gasteiger partial charge on any atom is 0.224 e. The maximum atomic E-state index is 12.8. The number of aryl methyl sites for hydroxylation is 1. The highest BCUT2D eigenvalue weighted by molar-refractivity contribution is 5.81. The molecule has 0 spiro atoms. The molecule has 3 aromatic rings. The number of nitrogens with one attached hydrogen (secondary N) is 1. The summed E-state index contributed by atoms with van der Waals surface area (Å²) in [6.45, 7) is 0.394. The van der Waals surface area contributed by atoms with E-state index in [0.29, 0.717) is 13.0 Å². The third kappa shape index (κ3) is 3.14. The van der Waals surface area contributed by atoms with Crippen LogP contribution in [0.3, 0.4) is 0 Å². The van der Waals surface area contributed by atoms with Gasteiger partial charge in [0.1, 0.15) is 5.82 Å². The summed E-state index contributed by atoms with van der Waals surface area (Å²) in [6, 6.07) is 11.9. The van der Waals surface area contributed by atoms with E-state index in [1.165, 1.54) is 12.1 Å². The van der Waals surface area contributed by atoms with Gasteiger partial charge in [0, 0.05) is 13.6 Å². The zero-order chi connectivity index (χ0) is 15.5. The number of imidazole rings is 1. The van der Waals surface area contributed by atoms with Crippen LogP contribution in [-0.4, -0.2) is 15.5 Å². The zero-order valence-electron chi connectivity index (χ0n) is 12.2. The number of halogens is 1. The summed E-state index contributed by atoms with van der Waals surface area (Å²) in [5, 5.41) is 2.83. The van der Waals surface area contributed by atoms with Crippen molar-refractivity contribution in [2.75, 3.05) is 0 Å². The number of carbonyl (C=O) groups excluding carboxylic acids is 1. The number of hydrogen-bond acceptors (Lipinski definition) is 2. The molecule has 0 aliphatic rings. The lowest BCUT2D eigenvalue weighted by molar-refractivity contribution is -0.120. The Bertz CT molecular complexity index is 808. The van der Waals surface area contributed by atoms with Gasteiger partial charge in [-0.05, 0) is 35.4 Å². The Balaban J connectivity index is 1.61. The summed E-state index contributed by atoms with van der Waals surface area (Å²) >= 11 is 0. The van der Waals surface area contributed by atoms with Crippen LogP contribution in [0.15, 0.2) is 48.8 Å². The number of hydrogen-bond donors (Lipinski definition) is 1. The molecular formula is C17H16FN3O. The number of benzene rings is 2. The second-order valence-electron chi connectivity index (χ2n) is 5.26. The Kier molecular flexibility index (Phi) is 3.87. The Morgan fingerprint density at radius 2 is 1.91 bits per heavy atom. The van der Waals surface area contributed by atoms with Crippen molar-refractivity contribution in [3.05, 3.63) is 65.7 Å². The first-order chi connectivity index (χ1) is 10.6. The fourth-order valence-corrected chi connectivity index (χ4v) is 2.34. The van der Waals surface area contributed by atoms with Crippen molar-refractivity contribution in [2.45, 2.75) is 13.0 Å². The maximum absolute atomic E-state index is 12.8. The van der Waals surface area contributed by atoms with Gasteiger partial charge < -0.3 is 9.88 Å². The van der Waals surface area contributed by atoms with Crippen LogP contribution in [0.2, 0.25) is 0 Å². The van der Waals surface area contributed by atoms with Crippen LogP contribution in [0.1, 0.15) is 11.1 Å². The minimum Gasteiger partial charge on any atom is -0.352 e. The molecule has 1 heterocycles. The minimum absolute atomic E-state index is 0.0698. The van der Waals surface area contributed by atoms with Crippen molar-refractivity contribution in [3.8, 4) is 0 Å². The second kappa shape index (κ2) is 5.97. The normalized spacial score (nSPS) is 10.8. The van der Waals surface area contributed by atoms with Gasteiger partial charge in [-0.15, -0.1) is 0 Å². The van der Waals surface area contributed by atoms with Gasteiger partial charge in [0.05, 0.1) is 23.8 Å².